The Kier molecular flexibility index (Phi) is 46.6. The third kappa shape index (κ3) is 32.9. The molecule has 3 aromatic heterocycles. The van der Waals surface area contributed by atoms with Gasteiger partial charge in [0.05, 0.1) is 52.8 Å². The Labute approximate surface area is 851 Å². The van der Waals surface area contributed by atoms with Crippen LogP contribution < -0.4 is 59.9 Å². The van der Waals surface area contributed by atoms with Crippen LogP contribution in [0.25, 0.3) is 0 Å². The van der Waals surface area contributed by atoms with Gasteiger partial charge in [-0.15, -0.1) is 13.2 Å². The number of esters is 2. The number of carbonyl (C=O) groups excluding carboxylic acids is 5. The molecule has 1 fully saturated rings. The molecule has 0 bridgehead atoms. The minimum atomic E-state index is -5.63. The predicted molar refractivity (Wildman–Crippen MR) is 521 cm³/mol. The van der Waals surface area contributed by atoms with Crippen molar-refractivity contribution in [1.29, 1.82) is 0 Å². The molecule has 786 valence electrons. The van der Waals surface area contributed by atoms with E-state index in [-0.39, 0.29) is 76.6 Å². The largest absolute Gasteiger partial charge is 0.575 e. The number of alkyl halides is 5. The van der Waals surface area contributed by atoms with Crippen LogP contribution in [0.15, 0.2) is 108 Å². The highest BCUT2D eigenvalue weighted by molar-refractivity contribution is 14.1. The van der Waals surface area contributed by atoms with E-state index in [1.165, 1.54) is 50.7 Å². The number of carboxylic acids is 1. The molecule has 2 unspecified atom stereocenters. The van der Waals surface area contributed by atoms with Crippen LogP contribution in [0.1, 0.15) is 132 Å². The molecule has 4 aliphatic heterocycles. The number of nitrogens with zero attached hydrogens (tertiary/aromatic N) is 5. The number of nitrogen functional groups attached to an aromatic ring is 1. The second-order valence-electron chi connectivity index (χ2n) is 35.0. The molecule has 27 nitrogen and oxygen atoms in total. The van der Waals surface area contributed by atoms with Gasteiger partial charge in [0.2, 0.25) is 58.5 Å². The molecule has 1 saturated heterocycles. The summed E-state index contributed by atoms with van der Waals surface area (Å²) in [6.07, 6.45) is -0.749. The lowest BCUT2D eigenvalue weighted by Gasteiger charge is -2.36. The van der Waals surface area contributed by atoms with Crippen molar-refractivity contribution in [3.05, 3.63) is 234 Å². The number of ether oxygens (including phenoxy) is 2. The number of aliphatic hydroxyl groups is 1. The molecule has 0 saturated carbocycles. The smallest absolute Gasteiger partial charge is 0.478 e. The first-order chi connectivity index (χ1) is 66.0. The fourth-order valence-electron chi connectivity index (χ4n) is 11.9. The highest BCUT2D eigenvalue weighted by Crippen LogP contribution is 2.43. The standard InChI is InChI=1S/C21H10BrF7N2O3.C15H13BrF2N4O2.C15H13BrF2N2O3.C12H23N3O2Si.C8F8O2.C8H21NOSi.C6H15ClSi.C2H7NO.CH3I/c22-7-3-4-9(8(23)6-7)30-18-11(10-2-1-5-31(10)20(32)17(18)29)21(33)34-19-15(27)13(25)12(24)14(26)16(19)28;16-7-3-4-9(8(17)6-7)20-13-11(14(23)21-19)10-2-1-5-22(10)15(24)12(13)18;16-7-3-4-9(8(17)6-7)19-13-11(15(22)23)10-2-1-5-20(10)14(21)12(13)18;1-12(2,3)18(4,5)17-9-7-14-11(16)15-8-6-13-10-15;9-2-1(7(17)18-8(14,15)16)3(10)5(12)6(13)4(2)11;1-8(2,3)11(4,5)10-7-6-9;1-6(2,3)8(4,5)7;3-1-2-4;1-2/h3-4,6,30H,1-2,5H2;3-4,6,20H,1-2,5,19H2,(H,21,23);3-4,6,12-13,19H,1-2,5H2,(H,22,23);6,8,10H,7,9H2,1-5H3,(H,14,16);;6-7,9H2,1-5H3;1-5H3;4H,1-3H2;1H3/i;;;;;;;;1D. The molecule has 12 rings (SSSR count). The number of aliphatic hydroxyl groups excluding tert-OH is 1. The minimum Gasteiger partial charge on any atom is -0.478 e. The van der Waals surface area contributed by atoms with Crippen molar-refractivity contribution >= 4 is 170 Å². The summed E-state index contributed by atoms with van der Waals surface area (Å²) >= 11 is 17.4. The van der Waals surface area contributed by atoms with Crippen molar-refractivity contribution in [1.82, 2.24) is 34.3 Å². The monoisotopic (exact) mass is 2410 g/mol. The van der Waals surface area contributed by atoms with E-state index in [2.05, 4.69) is 185 Å². The molecular weight excluding hydrogens is 2310 g/mol. The maximum atomic E-state index is 15.0. The number of benzene rings is 5. The maximum absolute atomic E-state index is 15.0. The summed E-state index contributed by atoms with van der Waals surface area (Å²) in [6.45, 7) is 36.6. The number of nitrogens with two attached hydrogens (primary N) is 3. The number of hydrogen-bond acceptors (Lipinski definition) is 20. The van der Waals surface area contributed by atoms with E-state index in [9.17, 15) is 127 Å². The third-order valence-corrected chi connectivity index (χ3v) is 38.1. The SMILES string of the molecule is CC(C)(C)[Si](C)(C)Cl.CC(C)(C)[Si](C)(C)OCCN.CC(C)(C)[Si](C)(C)OCCNC(=O)n1ccnc1.NCCO.NNC(=O)c1c(Nc2ccc(Br)cc2F)c(F)c(=O)n2c1CCC2.O=C(O)C1=C2CCCN2C(=O)C(F)C1Nc1ccc(Br)cc1F.O=C(OC(F)(F)F)c1c(F)c(F)c(F)c(F)c1F.O=C(Oc1c(F)c(F)c(F)c(F)c1F)c1c(Nc2ccc(Br)cc2F)c(F)c(=O)n2c1CCC2.[2H]CI. The van der Waals surface area contributed by atoms with Crippen molar-refractivity contribution in [2.45, 2.75) is 187 Å². The second-order valence-corrected chi connectivity index (χ2v) is 54.7. The zero-order valence-corrected chi connectivity index (χ0v) is 89.4. The Morgan fingerprint density at radius 2 is 0.972 bits per heavy atom. The summed E-state index contributed by atoms with van der Waals surface area (Å²) in [4.78, 5) is 101. The summed E-state index contributed by atoms with van der Waals surface area (Å²) in [5.41, 5.74) is 5.51. The molecule has 7 heterocycles. The van der Waals surface area contributed by atoms with Gasteiger partial charge in [-0.3, -0.25) is 29.2 Å². The van der Waals surface area contributed by atoms with Gasteiger partial charge in [-0.05, 0) is 139 Å². The van der Waals surface area contributed by atoms with Crippen molar-refractivity contribution in [3.63, 3.8) is 0 Å². The first kappa shape index (κ1) is 123. The molecule has 5 aromatic carbocycles. The first-order valence-electron chi connectivity index (χ1n) is 42.9. The Morgan fingerprint density at radius 1 is 0.577 bits per heavy atom. The molecule has 13 N–H and O–H groups in total. The first-order valence-corrected chi connectivity index (χ1v) is 55.9. The minimum absolute atomic E-state index is 0.00849. The number of carbonyl (C=O) groups is 6. The van der Waals surface area contributed by atoms with Gasteiger partial charge in [0, 0.05) is 90.1 Å². The zero-order chi connectivity index (χ0) is 109. The molecule has 142 heavy (non-hydrogen) atoms. The van der Waals surface area contributed by atoms with Gasteiger partial charge in [-0.2, -0.15) is 28.6 Å². The highest BCUT2D eigenvalue weighted by atomic mass is 127. The predicted octanol–water partition coefficient (Wildman–Crippen LogP) is 21.1. The van der Waals surface area contributed by atoms with Crippen LogP contribution >= 0.6 is 81.5 Å². The molecule has 0 aliphatic carbocycles. The van der Waals surface area contributed by atoms with Crippen molar-refractivity contribution < 1.29 is 142 Å². The molecule has 3 amide bonds. The van der Waals surface area contributed by atoms with Gasteiger partial charge in [-0.1, -0.05) is 146 Å². The third-order valence-electron chi connectivity index (χ3n) is 22.3. The molecule has 2 atom stereocenters. The maximum Gasteiger partial charge on any atom is 0.575 e. The summed E-state index contributed by atoms with van der Waals surface area (Å²) < 4.78 is 283. The summed E-state index contributed by atoms with van der Waals surface area (Å²) in [5.74, 6) is -34.2. The van der Waals surface area contributed by atoms with Crippen LogP contribution in [0.4, 0.5) is 117 Å². The molecule has 8 aromatic rings. The van der Waals surface area contributed by atoms with Crippen LogP contribution in [-0.4, -0.2) is 163 Å². The highest BCUT2D eigenvalue weighted by Gasteiger charge is 2.48. The lowest BCUT2D eigenvalue weighted by atomic mass is 9.94. The topological polar surface area (TPSA) is 383 Å². The molecule has 0 spiro atoms. The van der Waals surface area contributed by atoms with Gasteiger partial charge in [-0.25, -0.2) is 82.7 Å². The number of nitrogens with one attached hydrogen (secondary N) is 5. The van der Waals surface area contributed by atoms with Gasteiger partial charge in [0.25, 0.3) is 22.9 Å². The number of amides is 3. The Morgan fingerprint density at radius 3 is 1.35 bits per heavy atom. The molecule has 54 heteroatoms. The van der Waals surface area contributed by atoms with E-state index in [4.69, 9.17) is 43.7 Å². The number of carboxylic acid groups (broad SMARTS) is 1. The number of halogens is 24. The molecule has 4 aliphatic rings. The number of fused-ring (bicyclic) bond motifs is 3. The lowest BCUT2D eigenvalue weighted by Crippen LogP contribution is -2.51. The number of aliphatic carboxylic acids is 1. The van der Waals surface area contributed by atoms with Gasteiger partial charge in [0.1, 0.15) is 40.9 Å². The fraction of sp³-hybridized carbons (Fsp3) is 0.420. The number of rotatable bonds is 19. The summed E-state index contributed by atoms with van der Waals surface area (Å²) in [7, 11) is -4.61. The van der Waals surface area contributed by atoms with Crippen molar-refractivity contribution in [2.24, 2.45) is 17.3 Å². The Bertz CT molecular complexity index is 5960. The Balaban J connectivity index is 0.000000356. The van der Waals surface area contributed by atoms with Gasteiger partial charge >= 0.3 is 30.3 Å². The van der Waals surface area contributed by atoms with E-state index in [0.717, 1.165) is 16.7 Å². The van der Waals surface area contributed by atoms with Crippen LogP contribution in [0, 0.1) is 87.3 Å². The Hall–Kier alpha value is -9.29. The number of aromatic nitrogens is 4. The average Bonchev–Trinajstić information content (AvgIpc) is 1.68. The van der Waals surface area contributed by atoms with Crippen LogP contribution in [0.3, 0.4) is 0 Å². The van der Waals surface area contributed by atoms with E-state index >= 15 is 0 Å². The van der Waals surface area contributed by atoms with Crippen LogP contribution in [0.2, 0.25) is 54.4 Å². The van der Waals surface area contributed by atoms with Crippen molar-refractivity contribution in [3.8, 4) is 5.75 Å². The van der Waals surface area contributed by atoms with Crippen molar-refractivity contribution in [2.75, 3.05) is 66.9 Å². The van der Waals surface area contributed by atoms with Crippen LogP contribution in [-0.2, 0) is 49.1 Å². The molecule has 0 radical (unpaired) electrons. The van der Waals surface area contributed by atoms with E-state index in [1.54, 1.807) is 24.5 Å². The number of allylic oxidation sites excluding steroid dienone is 1. The van der Waals surface area contributed by atoms with E-state index in [0.29, 0.717) is 111 Å². The average molecular weight is 2420 g/mol. The molecular formula is C88H105Br3ClF19IN13O14Si3. The van der Waals surface area contributed by atoms with Gasteiger partial charge < -0.3 is 75.3 Å². The van der Waals surface area contributed by atoms with Gasteiger partial charge in [0.15, 0.2) is 47.3 Å². The van der Waals surface area contributed by atoms with E-state index in [1.807, 2.05) is 28.0 Å². The fourth-order valence-corrected chi connectivity index (χ4v) is 15.0. The van der Waals surface area contributed by atoms with E-state index < -0.39 is 193 Å². The normalized spacial score (nSPS) is 14.3. The van der Waals surface area contributed by atoms with Crippen LogP contribution in [0.5, 0.6) is 5.75 Å². The lowest BCUT2D eigenvalue weighted by molar-refractivity contribution is -0.292. The summed E-state index contributed by atoms with van der Waals surface area (Å²) in [5, 5.41) is 28.2. The number of hydrazine groups is 1. The summed E-state index contributed by atoms with van der Waals surface area (Å²) in [6, 6.07) is 10.1. The quantitative estimate of drug-likeness (QED) is 0.00287. The number of imidazole rings is 1. The number of anilines is 5. The zero-order valence-electron chi connectivity index (χ0n) is 79.7. The number of pyridine rings is 2. The number of hydrogen-bond donors (Lipinski definition) is 10. The second kappa shape index (κ2) is 53.7.